The number of hydrogen-bond acceptors (Lipinski definition) is 5. The fourth-order valence-electron chi connectivity index (χ4n) is 4.75. The van der Waals surface area contributed by atoms with Gasteiger partial charge in [-0.05, 0) is 50.7 Å². The fraction of sp³-hybridized carbons (Fsp3) is 0.700. The molecule has 0 aromatic heterocycles. The molecule has 0 bridgehead atoms. The molecule has 1 aromatic carbocycles. The zero-order chi connectivity index (χ0) is 19.7. The van der Waals surface area contributed by atoms with Crippen LogP contribution < -0.4 is 0 Å². The average molecular weight is 411 g/mol. The van der Waals surface area contributed by atoms with E-state index in [0.29, 0.717) is 19.1 Å². The summed E-state index contributed by atoms with van der Waals surface area (Å²) >= 11 is 0. The molecule has 1 atom stereocenters. The monoisotopic (exact) mass is 410 g/mol. The van der Waals surface area contributed by atoms with E-state index in [1.807, 2.05) is 0 Å². The highest BCUT2D eigenvalue weighted by Gasteiger charge is 2.40. The van der Waals surface area contributed by atoms with E-state index in [-0.39, 0.29) is 17.6 Å². The minimum absolute atomic E-state index is 0.0603. The number of piperazine rings is 1. The molecule has 3 aliphatic heterocycles. The number of benzene rings is 1. The van der Waals surface area contributed by atoms with Crippen molar-refractivity contribution in [2.75, 3.05) is 58.6 Å². The van der Waals surface area contributed by atoms with Gasteiger partial charge in [0.05, 0.1) is 5.75 Å². The standard InChI is InChI=1S/C20H31FN4O2S/c1-22-8-6-19(7-9-22)23-10-12-24(13-11-23)20-15-25(28(26,27)16-20)14-17-2-4-18(21)5-3-17/h2-5,19-20H,6-16H2,1H3. The van der Waals surface area contributed by atoms with Crippen LogP contribution in [-0.4, -0.2) is 98.1 Å². The van der Waals surface area contributed by atoms with E-state index in [1.165, 1.54) is 38.1 Å². The molecule has 0 saturated carbocycles. The summed E-state index contributed by atoms with van der Waals surface area (Å²) in [5.74, 6) is -0.101. The highest BCUT2D eigenvalue weighted by atomic mass is 32.2. The molecule has 0 amide bonds. The van der Waals surface area contributed by atoms with E-state index in [0.717, 1.165) is 31.7 Å². The SMILES string of the molecule is CN1CCC(N2CCN(C3CN(Cc4ccc(F)cc4)S(=O)(=O)C3)CC2)CC1. The molecule has 6 nitrogen and oxygen atoms in total. The second-order valence-electron chi connectivity index (χ2n) is 8.46. The highest BCUT2D eigenvalue weighted by molar-refractivity contribution is 7.89. The lowest BCUT2D eigenvalue weighted by Gasteiger charge is -2.43. The maximum absolute atomic E-state index is 13.1. The van der Waals surface area contributed by atoms with E-state index < -0.39 is 10.0 Å². The van der Waals surface area contributed by atoms with Crippen molar-refractivity contribution in [2.45, 2.75) is 31.5 Å². The van der Waals surface area contributed by atoms with Gasteiger partial charge in [0, 0.05) is 51.4 Å². The van der Waals surface area contributed by atoms with Crippen molar-refractivity contribution in [3.05, 3.63) is 35.6 Å². The van der Waals surface area contributed by atoms with Gasteiger partial charge in [0.25, 0.3) is 0 Å². The first kappa shape index (κ1) is 20.2. The van der Waals surface area contributed by atoms with Crippen molar-refractivity contribution < 1.29 is 12.8 Å². The second kappa shape index (κ2) is 8.36. The largest absolute Gasteiger partial charge is 0.306 e. The maximum Gasteiger partial charge on any atom is 0.216 e. The summed E-state index contributed by atoms with van der Waals surface area (Å²) in [5.41, 5.74) is 0.831. The number of likely N-dealkylation sites (tertiary alicyclic amines) is 1. The van der Waals surface area contributed by atoms with E-state index in [4.69, 9.17) is 0 Å². The van der Waals surface area contributed by atoms with Crippen molar-refractivity contribution in [1.29, 1.82) is 0 Å². The summed E-state index contributed by atoms with van der Waals surface area (Å²) in [6.07, 6.45) is 2.47. The van der Waals surface area contributed by atoms with Crippen LogP contribution in [0.25, 0.3) is 0 Å². The molecule has 3 aliphatic rings. The van der Waals surface area contributed by atoms with Crippen molar-refractivity contribution in [2.24, 2.45) is 0 Å². The lowest BCUT2D eigenvalue weighted by Crippen LogP contribution is -2.55. The van der Waals surface area contributed by atoms with Crippen LogP contribution in [0.4, 0.5) is 4.39 Å². The molecular weight excluding hydrogens is 379 g/mol. The van der Waals surface area contributed by atoms with Gasteiger partial charge in [-0.3, -0.25) is 9.80 Å². The van der Waals surface area contributed by atoms with Crippen LogP contribution in [0.1, 0.15) is 18.4 Å². The van der Waals surface area contributed by atoms with Gasteiger partial charge in [0.2, 0.25) is 10.0 Å². The molecule has 0 spiro atoms. The minimum Gasteiger partial charge on any atom is -0.306 e. The summed E-state index contributed by atoms with van der Waals surface area (Å²) in [6.45, 7) is 7.15. The summed E-state index contributed by atoms with van der Waals surface area (Å²) in [7, 11) is -1.07. The molecule has 3 fully saturated rings. The van der Waals surface area contributed by atoms with Crippen LogP contribution >= 0.6 is 0 Å². The lowest BCUT2D eigenvalue weighted by molar-refractivity contribution is 0.0496. The molecule has 156 valence electrons. The quantitative estimate of drug-likeness (QED) is 0.743. The van der Waals surface area contributed by atoms with Crippen molar-refractivity contribution in [1.82, 2.24) is 19.0 Å². The van der Waals surface area contributed by atoms with Gasteiger partial charge in [0.15, 0.2) is 0 Å². The number of rotatable bonds is 4. The summed E-state index contributed by atoms with van der Waals surface area (Å²) in [4.78, 5) is 7.35. The van der Waals surface area contributed by atoms with Gasteiger partial charge in [0.1, 0.15) is 5.82 Å². The molecule has 3 heterocycles. The van der Waals surface area contributed by atoms with E-state index in [9.17, 15) is 12.8 Å². The first-order valence-corrected chi connectivity index (χ1v) is 11.9. The smallest absolute Gasteiger partial charge is 0.216 e. The van der Waals surface area contributed by atoms with Gasteiger partial charge in [-0.25, -0.2) is 12.8 Å². The highest BCUT2D eigenvalue weighted by Crippen LogP contribution is 2.24. The summed E-state index contributed by atoms with van der Waals surface area (Å²) in [6, 6.07) is 6.85. The number of halogens is 1. The van der Waals surface area contributed by atoms with Gasteiger partial charge in [-0.2, -0.15) is 4.31 Å². The van der Waals surface area contributed by atoms with Crippen LogP contribution in [0, 0.1) is 5.82 Å². The molecule has 0 aliphatic carbocycles. The van der Waals surface area contributed by atoms with E-state index in [2.05, 4.69) is 21.7 Å². The van der Waals surface area contributed by atoms with Gasteiger partial charge < -0.3 is 4.90 Å². The topological polar surface area (TPSA) is 47.1 Å². The Morgan fingerprint density at radius 2 is 1.50 bits per heavy atom. The Labute approximate surface area is 167 Å². The molecule has 28 heavy (non-hydrogen) atoms. The molecule has 1 unspecified atom stereocenters. The van der Waals surface area contributed by atoms with Crippen LogP contribution in [0.15, 0.2) is 24.3 Å². The first-order valence-electron chi connectivity index (χ1n) is 10.3. The molecule has 8 heteroatoms. The predicted molar refractivity (Wildman–Crippen MR) is 108 cm³/mol. The van der Waals surface area contributed by atoms with Crippen LogP contribution in [0.2, 0.25) is 0 Å². The van der Waals surface area contributed by atoms with Crippen LogP contribution in [0.5, 0.6) is 0 Å². The number of nitrogens with zero attached hydrogens (tertiary/aromatic N) is 4. The zero-order valence-electron chi connectivity index (χ0n) is 16.6. The molecule has 4 rings (SSSR count). The van der Waals surface area contributed by atoms with E-state index >= 15 is 0 Å². The van der Waals surface area contributed by atoms with Gasteiger partial charge >= 0.3 is 0 Å². The Morgan fingerprint density at radius 3 is 2.11 bits per heavy atom. The van der Waals surface area contributed by atoms with Crippen molar-refractivity contribution in [3.8, 4) is 0 Å². The third-order valence-corrected chi connectivity index (χ3v) is 8.42. The number of hydrogen-bond donors (Lipinski definition) is 0. The number of sulfonamides is 1. The Morgan fingerprint density at radius 1 is 0.929 bits per heavy atom. The fourth-order valence-corrected chi connectivity index (χ4v) is 6.51. The van der Waals surface area contributed by atoms with Crippen molar-refractivity contribution >= 4 is 10.0 Å². The molecule has 0 N–H and O–H groups in total. The normalized spacial score (nSPS) is 28.7. The Balaban J connectivity index is 1.31. The average Bonchev–Trinajstić information content (AvgIpc) is 2.99. The third-order valence-electron chi connectivity index (χ3n) is 6.55. The third kappa shape index (κ3) is 4.57. The minimum atomic E-state index is -3.26. The summed E-state index contributed by atoms with van der Waals surface area (Å²) in [5, 5.41) is 0. The molecular formula is C20H31FN4O2S. The summed E-state index contributed by atoms with van der Waals surface area (Å²) < 4.78 is 39.9. The second-order valence-corrected chi connectivity index (χ2v) is 10.5. The van der Waals surface area contributed by atoms with Gasteiger partial charge in [-0.15, -0.1) is 0 Å². The van der Waals surface area contributed by atoms with Gasteiger partial charge in [-0.1, -0.05) is 12.1 Å². The maximum atomic E-state index is 13.1. The first-order chi connectivity index (χ1) is 13.4. The van der Waals surface area contributed by atoms with E-state index in [1.54, 1.807) is 16.4 Å². The Bertz CT molecular complexity index is 757. The Kier molecular flexibility index (Phi) is 6.04. The lowest BCUT2D eigenvalue weighted by atomic mass is 10.0. The Hall–Kier alpha value is -1.06. The molecule has 1 aromatic rings. The molecule has 3 saturated heterocycles. The zero-order valence-corrected chi connectivity index (χ0v) is 17.5. The predicted octanol–water partition coefficient (Wildman–Crippen LogP) is 1.05. The van der Waals surface area contributed by atoms with Crippen LogP contribution in [-0.2, 0) is 16.6 Å². The molecule has 0 radical (unpaired) electrons. The number of piperidine rings is 1. The van der Waals surface area contributed by atoms with Crippen LogP contribution in [0.3, 0.4) is 0 Å². The van der Waals surface area contributed by atoms with Crippen molar-refractivity contribution in [3.63, 3.8) is 0 Å².